The molecule has 0 fully saturated rings. The number of carbonyl (C=O) groups excluding carboxylic acids is 1. The second-order valence-corrected chi connectivity index (χ2v) is 5.84. The molecule has 1 amide bonds. The van der Waals surface area contributed by atoms with E-state index in [4.69, 9.17) is 16.3 Å². The molecule has 2 aromatic rings. The van der Waals surface area contributed by atoms with Crippen LogP contribution < -0.4 is 10.1 Å². The number of aryl methyl sites for hydroxylation is 2. The molecule has 1 atom stereocenters. The summed E-state index contributed by atoms with van der Waals surface area (Å²) < 4.78 is 5.79. The molecule has 0 aliphatic heterocycles. The van der Waals surface area contributed by atoms with E-state index < -0.39 is 6.10 Å². The summed E-state index contributed by atoms with van der Waals surface area (Å²) in [5, 5.41) is 3.52. The number of carbonyl (C=O) groups is 1. The second-order valence-electron chi connectivity index (χ2n) is 5.41. The molecular formula is C18H20ClNO2. The minimum Gasteiger partial charge on any atom is -0.481 e. The van der Waals surface area contributed by atoms with Crippen molar-refractivity contribution in [3.63, 3.8) is 0 Å². The number of amides is 1. The van der Waals surface area contributed by atoms with Crippen molar-refractivity contribution in [2.45, 2.75) is 33.8 Å². The zero-order valence-electron chi connectivity index (χ0n) is 13.2. The summed E-state index contributed by atoms with van der Waals surface area (Å²) in [7, 11) is 0. The molecule has 1 N–H and O–H groups in total. The van der Waals surface area contributed by atoms with E-state index in [0.717, 1.165) is 28.1 Å². The SMILES string of the molecule is Cc1cc(Cl)ccc1NC(=O)[C@H](C)Oc1cccc(C)c1C. The minimum absolute atomic E-state index is 0.189. The van der Waals surface area contributed by atoms with Gasteiger partial charge < -0.3 is 10.1 Å². The van der Waals surface area contributed by atoms with E-state index in [9.17, 15) is 4.79 Å². The van der Waals surface area contributed by atoms with Crippen LogP contribution in [0.5, 0.6) is 5.75 Å². The van der Waals surface area contributed by atoms with E-state index in [0.29, 0.717) is 5.02 Å². The first-order valence-electron chi connectivity index (χ1n) is 7.18. The third-order valence-corrected chi connectivity index (χ3v) is 3.91. The summed E-state index contributed by atoms with van der Waals surface area (Å²) in [4.78, 5) is 12.3. The van der Waals surface area contributed by atoms with Gasteiger partial charge in [-0.25, -0.2) is 0 Å². The molecule has 0 radical (unpaired) electrons. The average molecular weight is 318 g/mol. The van der Waals surface area contributed by atoms with Crippen LogP contribution in [0.1, 0.15) is 23.6 Å². The van der Waals surface area contributed by atoms with Gasteiger partial charge >= 0.3 is 0 Å². The van der Waals surface area contributed by atoms with Crippen LogP contribution >= 0.6 is 11.6 Å². The van der Waals surface area contributed by atoms with E-state index in [1.54, 1.807) is 19.1 Å². The third-order valence-electron chi connectivity index (χ3n) is 3.67. The van der Waals surface area contributed by atoms with E-state index in [2.05, 4.69) is 5.32 Å². The normalized spacial score (nSPS) is 11.9. The summed E-state index contributed by atoms with van der Waals surface area (Å²) in [6.45, 7) is 7.64. The Hall–Kier alpha value is -2.00. The summed E-state index contributed by atoms with van der Waals surface area (Å²) in [6.07, 6.45) is -0.587. The van der Waals surface area contributed by atoms with Gasteiger partial charge in [-0.15, -0.1) is 0 Å². The molecule has 22 heavy (non-hydrogen) atoms. The fourth-order valence-corrected chi connectivity index (χ4v) is 2.32. The zero-order chi connectivity index (χ0) is 16.3. The van der Waals surface area contributed by atoms with Crippen molar-refractivity contribution in [3.05, 3.63) is 58.1 Å². The first kappa shape index (κ1) is 16.4. The number of halogens is 1. The van der Waals surface area contributed by atoms with E-state index >= 15 is 0 Å². The van der Waals surface area contributed by atoms with Crippen LogP contribution in [-0.4, -0.2) is 12.0 Å². The quantitative estimate of drug-likeness (QED) is 0.889. The average Bonchev–Trinajstić information content (AvgIpc) is 2.46. The molecular weight excluding hydrogens is 298 g/mol. The Morgan fingerprint density at radius 2 is 1.86 bits per heavy atom. The Bertz CT molecular complexity index is 697. The van der Waals surface area contributed by atoms with Crippen LogP contribution in [0.25, 0.3) is 0 Å². The molecule has 2 rings (SSSR count). The molecule has 0 aliphatic rings. The van der Waals surface area contributed by atoms with Gasteiger partial charge in [-0.05, 0) is 68.7 Å². The van der Waals surface area contributed by atoms with Gasteiger partial charge in [0.15, 0.2) is 6.10 Å². The van der Waals surface area contributed by atoms with Gasteiger partial charge in [-0.3, -0.25) is 4.79 Å². The summed E-state index contributed by atoms with van der Waals surface area (Å²) in [5.41, 5.74) is 3.84. The number of ether oxygens (including phenoxy) is 1. The predicted octanol–water partition coefficient (Wildman–Crippen LogP) is 4.67. The molecule has 116 valence electrons. The number of nitrogens with one attached hydrogen (secondary N) is 1. The fraction of sp³-hybridized carbons (Fsp3) is 0.278. The molecule has 0 bridgehead atoms. The summed E-state index contributed by atoms with van der Waals surface area (Å²) >= 11 is 5.92. The maximum Gasteiger partial charge on any atom is 0.265 e. The molecule has 4 heteroatoms. The van der Waals surface area contributed by atoms with E-state index in [1.165, 1.54) is 0 Å². The lowest BCUT2D eigenvalue weighted by atomic mass is 10.1. The lowest BCUT2D eigenvalue weighted by Crippen LogP contribution is -2.30. The van der Waals surface area contributed by atoms with Crippen LogP contribution in [0.15, 0.2) is 36.4 Å². The zero-order valence-corrected chi connectivity index (χ0v) is 14.0. The molecule has 0 spiro atoms. The molecule has 0 aromatic heterocycles. The van der Waals surface area contributed by atoms with Crippen LogP contribution in [0.2, 0.25) is 5.02 Å². The van der Waals surface area contributed by atoms with Crippen molar-refractivity contribution in [2.75, 3.05) is 5.32 Å². The summed E-state index contributed by atoms with van der Waals surface area (Å²) in [5.74, 6) is 0.543. The predicted molar refractivity (Wildman–Crippen MR) is 90.8 cm³/mol. The molecule has 0 heterocycles. The van der Waals surface area contributed by atoms with Crippen molar-refractivity contribution in [1.29, 1.82) is 0 Å². The Balaban J connectivity index is 2.07. The highest BCUT2D eigenvalue weighted by atomic mass is 35.5. The Morgan fingerprint density at radius 1 is 1.14 bits per heavy atom. The molecule has 3 nitrogen and oxygen atoms in total. The van der Waals surface area contributed by atoms with E-state index in [-0.39, 0.29) is 5.91 Å². The van der Waals surface area contributed by atoms with Crippen LogP contribution in [0, 0.1) is 20.8 Å². The highest BCUT2D eigenvalue weighted by Crippen LogP contribution is 2.23. The topological polar surface area (TPSA) is 38.3 Å². The van der Waals surface area contributed by atoms with E-state index in [1.807, 2.05) is 45.0 Å². The fourth-order valence-electron chi connectivity index (χ4n) is 2.10. The number of anilines is 1. The summed E-state index contributed by atoms with van der Waals surface area (Å²) in [6, 6.07) is 11.2. The van der Waals surface area contributed by atoms with Gasteiger partial charge in [-0.1, -0.05) is 23.7 Å². The minimum atomic E-state index is -0.587. The van der Waals surface area contributed by atoms with Gasteiger partial charge in [0, 0.05) is 10.7 Å². The first-order valence-corrected chi connectivity index (χ1v) is 7.56. The van der Waals surface area contributed by atoms with Crippen molar-refractivity contribution < 1.29 is 9.53 Å². The van der Waals surface area contributed by atoms with Gasteiger partial charge in [0.05, 0.1) is 0 Å². The first-order chi connectivity index (χ1) is 10.4. The maximum atomic E-state index is 12.3. The molecule has 2 aromatic carbocycles. The molecule has 0 saturated carbocycles. The highest BCUT2D eigenvalue weighted by Gasteiger charge is 2.17. The van der Waals surface area contributed by atoms with Crippen LogP contribution in [0.3, 0.4) is 0 Å². The lowest BCUT2D eigenvalue weighted by Gasteiger charge is -2.18. The number of hydrogen-bond donors (Lipinski definition) is 1. The van der Waals surface area contributed by atoms with Crippen LogP contribution in [0.4, 0.5) is 5.69 Å². The van der Waals surface area contributed by atoms with Gasteiger partial charge in [-0.2, -0.15) is 0 Å². The molecule has 0 saturated heterocycles. The third kappa shape index (κ3) is 3.80. The van der Waals surface area contributed by atoms with Crippen molar-refractivity contribution in [1.82, 2.24) is 0 Å². The highest BCUT2D eigenvalue weighted by molar-refractivity contribution is 6.30. The Labute approximate surface area is 136 Å². The second kappa shape index (κ2) is 6.84. The lowest BCUT2D eigenvalue weighted by molar-refractivity contribution is -0.122. The van der Waals surface area contributed by atoms with Crippen molar-refractivity contribution >= 4 is 23.2 Å². The molecule has 0 aliphatic carbocycles. The maximum absolute atomic E-state index is 12.3. The smallest absolute Gasteiger partial charge is 0.265 e. The number of rotatable bonds is 4. The number of benzene rings is 2. The molecule has 0 unspecified atom stereocenters. The standard InChI is InChI=1S/C18H20ClNO2/c1-11-6-5-7-17(13(11)3)22-14(4)18(21)20-16-9-8-15(19)10-12(16)2/h5-10,14H,1-4H3,(H,20,21)/t14-/m0/s1. The largest absolute Gasteiger partial charge is 0.481 e. The number of hydrogen-bond acceptors (Lipinski definition) is 2. The Kier molecular flexibility index (Phi) is 5.09. The van der Waals surface area contributed by atoms with Crippen LogP contribution in [-0.2, 0) is 4.79 Å². The Morgan fingerprint density at radius 3 is 2.55 bits per heavy atom. The van der Waals surface area contributed by atoms with Gasteiger partial charge in [0.2, 0.25) is 0 Å². The van der Waals surface area contributed by atoms with Crippen molar-refractivity contribution in [2.24, 2.45) is 0 Å². The van der Waals surface area contributed by atoms with Crippen molar-refractivity contribution in [3.8, 4) is 5.75 Å². The van der Waals surface area contributed by atoms with Gasteiger partial charge in [0.25, 0.3) is 5.91 Å². The monoisotopic (exact) mass is 317 g/mol. The van der Waals surface area contributed by atoms with Gasteiger partial charge in [0.1, 0.15) is 5.75 Å².